The minimum atomic E-state index is -0.258. The Morgan fingerprint density at radius 1 is 1.04 bits per heavy atom. The average molecular weight is 342 g/mol. The van der Waals surface area contributed by atoms with E-state index in [1.54, 1.807) is 6.07 Å². The molecule has 126 valence electrons. The monoisotopic (exact) mass is 342 g/mol. The normalized spacial score (nSPS) is 20.7. The van der Waals surface area contributed by atoms with Crippen LogP contribution in [0.2, 0.25) is 0 Å². The van der Waals surface area contributed by atoms with Gasteiger partial charge in [-0.25, -0.2) is 9.69 Å². The van der Waals surface area contributed by atoms with Crippen LogP contribution in [-0.4, -0.2) is 28.9 Å². The number of benzene rings is 1. The molecule has 0 radical (unpaired) electrons. The van der Waals surface area contributed by atoms with Crippen LogP contribution in [-0.2, 0) is 0 Å². The summed E-state index contributed by atoms with van der Waals surface area (Å²) in [6.45, 7) is 4.12. The third-order valence-electron chi connectivity index (χ3n) is 4.56. The molecule has 2 aromatic rings. The van der Waals surface area contributed by atoms with Crippen LogP contribution < -0.4 is 4.90 Å². The summed E-state index contributed by atoms with van der Waals surface area (Å²) in [5.41, 5.74) is 0.617. The van der Waals surface area contributed by atoms with E-state index in [2.05, 4.69) is 13.8 Å². The number of carbonyl (C=O) groups excluding carboxylic acids is 2. The van der Waals surface area contributed by atoms with E-state index in [1.807, 2.05) is 46.7 Å². The van der Waals surface area contributed by atoms with Gasteiger partial charge in [0.05, 0.1) is 10.6 Å². The molecule has 3 amide bonds. The number of carbonyl (C=O) groups is 2. The lowest BCUT2D eigenvalue weighted by Gasteiger charge is -2.41. The summed E-state index contributed by atoms with van der Waals surface area (Å²) >= 11 is 1.36. The smallest absolute Gasteiger partial charge is 0.319 e. The predicted octanol–water partition coefficient (Wildman–Crippen LogP) is 4.78. The van der Waals surface area contributed by atoms with E-state index < -0.39 is 0 Å². The van der Waals surface area contributed by atoms with Crippen LogP contribution in [0.15, 0.2) is 47.8 Å². The van der Waals surface area contributed by atoms with Crippen molar-refractivity contribution in [2.45, 2.75) is 45.2 Å². The molecule has 5 heteroatoms. The molecule has 0 aliphatic carbocycles. The van der Waals surface area contributed by atoms with Crippen molar-refractivity contribution in [1.29, 1.82) is 0 Å². The number of hydrogen-bond acceptors (Lipinski definition) is 3. The Morgan fingerprint density at radius 3 is 2.29 bits per heavy atom. The molecule has 1 aliphatic rings. The molecule has 24 heavy (non-hydrogen) atoms. The van der Waals surface area contributed by atoms with Gasteiger partial charge >= 0.3 is 6.03 Å². The van der Waals surface area contributed by atoms with Gasteiger partial charge in [-0.1, -0.05) is 24.3 Å². The van der Waals surface area contributed by atoms with Crippen LogP contribution in [0, 0.1) is 0 Å². The number of rotatable bonds is 2. The molecular weight excluding hydrogens is 320 g/mol. The molecule has 1 aliphatic heterocycles. The van der Waals surface area contributed by atoms with Crippen molar-refractivity contribution in [1.82, 2.24) is 4.90 Å². The van der Waals surface area contributed by atoms with Gasteiger partial charge in [0, 0.05) is 12.1 Å². The van der Waals surface area contributed by atoms with Crippen molar-refractivity contribution >= 4 is 29.0 Å². The number of thiophene rings is 1. The van der Waals surface area contributed by atoms with Crippen LogP contribution in [0.25, 0.3) is 0 Å². The van der Waals surface area contributed by atoms with Crippen LogP contribution >= 0.6 is 11.3 Å². The Balaban J connectivity index is 1.98. The van der Waals surface area contributed by atoms with Gasteiger partial charge in [-0.2, -0.15) is 0 Å². The highest BCUT2D eigenvalue weighted by atomic mass is 32.1. The zero-order valence-electron chi connectivity index (χ0n) is 14.0. The van der Waals surface area contributed by atoms with Crippen molar-refractivity contribution in [3.8, 4) is 0 Å². The quantitative estimate of drug-likeness (QED) is 0.788. The molecule has 0 saturated carbocycles. The number of amides is 3. The van der Waals surface area contributed by atoms with Gasteiger partial charge in [-0.3, -0.25) is 4.79 Å². The van der Waals surface area contributed by atoms with Crippen molar-refractivity contribution in [3.63, 3.8) is 0 Å². The Kier molecular flexibility index (Phi) is 5.00. The molecule has 1 saturated heterocycles. The topological polar surface area (TPSA) is 40.6 Å². The highest BCUT2D eigenvalue weighted by Gasteiger charge is 2.36. The van der Waals surface area contributed by atoms with E-state index in [9.17, 15) is 9.59 Å². The first kappa shape index (κ1) is 16.7. The summed E-state index contributed by atoms with van der Waals surface area (Å²) in [5.74, 6) is -0.258. The SMILES string of the molecule is C[C@@H]1CCC[C@H](C)N1C(=O)N(C(=O)c1cccs1)c1ccccc1. The van der Waals surface area contributed by atoms with Gasteiger partial charge in [-0.15, -0.1) is 11.3 Å². The van der Waals surface area contributed by atoms with Crippen LogP contribution in [0.1, 0.15) is 42.8 Å². The first-order chi connectivity index (χ1) is 11.6. The van der Waals surface area contributed by atoms with Gasteiger partial charge in [-0.05, 0) is 56.7 Å². The van der Waals surface area contributed by atoms with Crippen molar-refractivity contribution in [2.24, 2.45) is 0 Å². The lowest BCUT2D eigenvalue weighted by atomic mass is 9.98. The zero-order chi connectivity index (χ0) is 17.1. The van der Waals surface area contributed by atoms with Crippen molar-refractivity contribution in [3.05, 3.63) is 52.7 Å². The summed E-state index contributed by atoms with van der Waals surface area (Å²) in [6, 6.07) is 12.9. The van der Waals surface area contributed by atoms with E-state index >= 15 is 0 Å². The summed E-state index contributed by atoms with van der Waals surface area (Å²) in [4.78, 5) is 30.0. The number of piperidine rings is 1. The number of anilines is 1. The molecule has 0 spiro atoms. The minimum absolute atomic E-state index is 0.142. The van der Waals surface area contributed by atoms with E-state index in [-0.39, 0.29) is 24.0 Å². The second kappa shape index (κ2) is 7.18. The van der Waals surface area contributed by atoms with Gasteiger partial charge in [0.2, 0.25) is 0 Å². The zero-order valence-corrected chi connectivity index (χ0v) is 14.8. The second-order valence-electron chi connectivity index (χ2n) is 6.27. The standard InChI is InChI=1S/C19H22N2O2S/c1-14-8-6-9-15(2)20(14)19(23)21(16-10-4-3-5-11-16)18(22)17-12-7-13-24-17/h3-5,7,10-15H,6,8-9H2,1-2H3/t14-,15+. The molecule has 2 atom stereocenters. The maximum absolute atomic E-state index is 13.3. The van der Waals surface area contributed by atoms with Crippen LogP contribution in [0.5, 0.6) is 0 Å². The molecule has 1 fully saturated rings. The first-order valence-corrected chi connectivity index (χ1v) is 9.23. The number of nitrogens with zero attached hydrogens (tertiary/aromatic N) is 2. The van der Waals surface area contributed by atoms with E-state index in [0.717, 1.165) is 19.3 Å². The molecule has 0 unspecified atom stereocenters. The highest BCUT2D eigenvalue weighted by Crippen LogP contribution is 2.27. The fourth-order valence-electron chi connectivity index (χ4n) is 3.32. The van der Waals surface area contributed by atoms with E-state index in [4.69, 9.17) is 0 Å². The highest BCUT2D eigenvalue weighted by molar-refractivity contribution is 7.12. The number of imide groups is 1. The maximum Gasteiger partial charge on any atom is 0.332 e. The summed E-state index contributed by atoms with van der Waals surface area (Å²) < 4.78 is 0. The first-order valence-electron chi connectivity index (χ1n) is 8.35. The summed E-state index contributed by atoms with van der Waals surface area (Å²) in [6.07, 6.45) is 3.08. The third kappa shape index (κ3) is 3.22. The maximum atomic E-state index is 13.3. The van der Waals surface area contributed by atoms with Gasteiger partial charge in [0.25, 0.3) is 5.91 Å². The van der Waals surface area contributed by atoms with Crippen LogP contribution in [0.3, 0.4) is 0 Å². The Hall–Kier alpha value is -2.14. The molecule has 4 nitrogen and oxygen atoms in total. The molecule has 1 aromatic carbocycles. The number of para-hydroxylation sites is 1. The summed E-state index contributed by atoms with van der Waals surface area (Å²) in [5, 5.41) is 1.85. The van der Waals surface area contributed by atoms with E-state index in [1.165, 1.54) is 16.2 Å². The van der Waals surface area contributed by atoms with Gasteiger partial charge < -0.3 is 4.90 Å². The largest absolute Gasteiger partial charge is 0.332 e. The van der Waals surface area contributed by atoms with E-state index in [0.29, 0.717) is 10.6 Å². The second-order valence-corrected chi connectivity index (χ2v) is 7.22. The lowest BCUT2D eigenvalue weighted by molar-refractivity contribution is 0.0958. The Labute approximate surface area is 146 Å². The van der Waals surface area contributed by atoms with Crippen molar-refractivity contribution < 1.29 is 9.59 Å². The number of likely N-dealkylation sites (tertiary alicyclic amines) is 1. The number of hydrogen-bond donors (Lipinski definition) is 0. The predicted molar refractivity (Wildman–Crippen MR) is 97.6 cm³/mol. The van der Waals surface area contributed by atoms with Gasteiger partial charge in [0.1, 0.15) is 0 Å². The van der Waals surface area contributed by atoms with Crippen molar-refractivity contribution in [2.75, 3.05) is 4.90 Å². The summed E-state index contributed by atoms with van der Waals surface area (Å²) in [7, 11) is 0. The molecule has 0 bridgehead atoms. The fraction of sp³-hybridized carbons (Fsp3) is 0.368. The lowest BCUT2D eigenvalue weighted by Crippen LogP contribution is -2.54. The van der Waals surface area contributed by atoms with Gasteiger partial charge in [0.15, 0.2) is 0 Å². The molecule has 3 rings (SSSR count). The third-order valence-corrected chi connectivity index (χ3v) is 5.41. The Bertz CT molecular complexity index is 689. The number of urea groups is 1. The van der Waals surface area contributed by atoms with Crippen LogP contribution in [0.4, 0.5) is 10.5 Å². The fourth-order valence-corrected chi connectivity index (χ4v) is 3.97. The molecular formula is C19H22N2O2S. The average Bonchev–Trinajstić information content (AvgIpc) is 3.10. The minimum Gasteiger partial charge on any atom is -0.319 e. The molecule has 1 aromatic heterocycles. The Morgan fingerprint density at radius 2 is 1.71 bits per heavy atom. The molecule has 2 heterocycles. The molecule has 0 N–H and O–H groups in total.